The molecule has 2 aliphatic carbocycles. The van der Waals surface area contributed by atoms with Gasteiger partial charge in [0.15, 0.2) is 11.5 Å². The summed E-state index contributed by atoms with van der Waals surface area (Å²) in [6, 6.07) is 5.77. The Labute approximate surface area is 248 Å². The maximum atomic E-state index is 13.2. The Kier molecular flexibility index (Phi) is 8.05. The molecule has 2 heterocycles. The minimum absolute atomic E-state index is 0.0125. The third-order valence-corrected chi connectivity index (χ3v) is 9.78. The van der Waals surface area contributed by atoms with Crippen molar-refractivity contribution >= 4 is 35.2 Å². The van der Waals surface area contributed by atoms with Crippen LogP contribution in [-0.4, -0.2) is 35.4 Å². The number of carbonyl (C=O) groups excluding carboxylic acids is 2. The number of rotatable bonds is 8. The lowest BCUT2D eigenvalue weighted by molar-refractivity contribution is -0.135. The van der Waals surface area contributed by atoms with Gasteiger partial charge in [0.2, 0.25) is 5.91 Å². The second kappa shape index (κ2) is 11.3. The predicted molar refractivity (Wildman–Crippen MR) is 156 cm³/mol. The van der Waals surface area contributed by atoms with Gasteiger partial charge in [-0.2, -0.15) is 5.26 Å². The van der Waals surface area contributed by atoms with E-state index in [-0.39, 0.29) is 46.2 Å². The topological polar surface area (TPSA) is 133 Å². The number of nitrogens with zero attached hydrogens (tertiary/aromatic N) is 1. The molecule has 1 atom stereocenters. The molecule has 3 aliphatic rings. The number of ether oxygens (including phenoxy) is 2. The van der Waals surface area contributed by atoms with Gasteiger partial charge in [-0.3, -0.25) is 14.4 Å². The number of benzene rings is 1. The summed E-state index contributed by atoms with van der Waals surface area (Å²) in [4.78, 5) is 42.0. The molecule has 41 heavy (non-hydrogen) atoms. The first-order valence-electron chi connectivity index (χ1n) is 13.9. The smallest absolute Gasteiger partial charge is 0.254 e. The van der Waals surface area contributed by atoms with Crippen LogP contribution >= 0.6 is 23.4 Å². The molecular formula is C30H35ClN4O5S. The average Bonchev–Trinajstić information content (AvgIpc) is 3.65. The van der Waals surface area contributed by atoms with E-state index in [1.807, 2.05) is 26.2 Å². The maximum Gasteiger partial charge on any atom is 0.254 e. The van der Waals surface area contributed by atoms with Crippen LogP contribution in [0.2, 0.25) is 5.02 Å². The molecule has 0 spiro atoms. The Morgan fingerprint density at radius 3 is 2.46 bits per heavy atom. The van der Waals surface area contributed by atoms with Crippen molar-refractivity contribution in [3.63, 3.8) is 0 Å². The molecule has 218 valence electrons. The van der Waals surface area contributed by atoms with E-state index in [0.717, 1.165) is 36.3 Å². The second-order valence-corrected chi connectivity index (χ2v) is 12.8. The van der Waals surface area contributed by atoms with E-state index >= 15 is 0 Å². The number of aromatic nitrogens is 1. The SMILES string of the molecule is CSc1cc(C)[nH]c(=O)c1CNC(=O)c1cc(Cl)c2c(c1C)OC(C)(C1CCC(C(=O)NCC3(C#N)CC3)CC1)O2. The third-order valence-electron chi connectivity index (χ3n) is 8.70. The first-order chi connectivity index (χ1) is 19.5. The molecule has 11 heteroatoms. The molecule has 5 rings (SSSR count). The van der Waals surface area contributed by atoms with E-state index in [1.165, 1.54) is 11.8 Å². The van der Waals surface area contributed by atoms with Crippen molar-refractivity contribution in [3.05, 3.63) is 49.9 Å². The summed E-state index contributed by atoms with van der Waals surface area (Å²) in [6.07, 6.45) is 6.45. The number of hydrogen-bond donors (Lipinski definition) is 3. The van der Waals surface area contributed by atoms with Crippen LogP contribution in [0.25, 0.3) is 0 Å². The standard InChI is InChI=1S/C30H35ClN4O5S/c1-16-11-23(41-4)21(28(38)35-16)13-33-27(37)20-12-22(31)25-24(17(20)2)39-29(3,40-25)19-7-5-18(6-8-19)26(36)34-15-30(14-32)9-10-30/h11-12,18-19H,5-10,13,15H2,1-4H3,(H,33,37)(H,34,36)(H,35,38). The van der Waals surface area contributed by atoms with Crippen LogP contribution in [0.3, 0.4) is 0 Å². The molecule has 1 unspecified atom stereocenters. The lowest BCUT2D eigenvalue weighted by Crippen LogP contribution is -2.46. The number of aromatic amines is 1. The van der Waals surface area contributed by atoms with E-state index in [9.17, 15) is 19.6 Å². The van der Waals surface area contributed by atoms with Gasteiger partial charge >= 0.3 is 0 Å². The zero-order chi connectivity index (χ0) is 29.5. The zero-order valence-corrected chi connectivity index (χ0v) is 25.3. The van der Waals surface area contributed by atoms with Gasteiger partial charge in [0, 0.05) is 59.1 Å². The van der Waals surface area contributed by atoms with E-state index in [1.54, 1.807) is 13.0 Å². The van der Waals surface area contributed by atoms with Crippen molar-refractivity contribution in [2.75, 3.05) is 12.8 Å². The molecule has 1 aliphatic heterocycles. The van der Waals surface area contributed by atoms with Gasteiger partial charge in [-0.15, -0.1) is 11.8 Å². The molecule has 2 saturated carbocycles. The van der Waals surface area contributed by atoms with Gasteiger partial charge in [-0.1, -0.05) is 11.6 Å². The van der Waals surface area contributed by atoms with Crippen molar-refractivity contribution in [2.24, 2.45) is 17.3 Å². The number of nitrogens with one attached hydrogen (secondary N) is 3. The molecule has 1 aromatic carbocycles. The van der Waals surface area contributed by atoms with Crippen molar-refractivity contribution in [1.29, 1.82) is 5.26 Å². The third kappa shape index (κ3) is 5.80. The molecule has 2 aromatic rings. The molecule has 2 fully saturated rings. The molecule has 0 radical (unpaired) electrons. The Balaban J connectivity index is 1.24. The van der Waals surface area contributed by atoms with Crippen LogP contribution in [0, 0.1) is 42.4 Å². The second-order valence-electron chi connectivity index (χ2n) is 11.6. The number of H-pyrrole nitrogens is 1. The van der Waals surface area contributed by atoms with Gasteiger partial charge < -0.3 is 25.1 Å². The van der Waals surface area contributed by atoms with Gasteiger partial charge in [0.25, 0.3) is 17.3 Å². The van der Waals surface area contributed by atoms with Crippen molar-refractivity contribution in [2.45, 2.75) is 76.5 Å². The Morgan fingerprint density at radius 1 is 1.15 bits per heavy atom. The van der Waals surface area contributed by atoms with Crippen molar-refractivity contribution in [1.82, 2.24) is 15.6 Å². The molecule has 0 bridgehead atoms. The number of halogens is 1. The number of nitriles is 1. The number of fused-ring (bicyclic) bond motifs is 1. The summed E-state index contributed by atoms with van der Waals surface area (Å²) in [7, 11) is 0. The van der Waals surface area contributed by atoms with Crippen molar-refractivity contribution in [3.8, 4) is 17.6 Å². The predicted octanol–water partition coefficient (Wildman–Crippen LogP) is 5.01. The van der Waals surface area contributed by atoms with Crippen molar-refractivity contribution < 1.29 is 19.1 Å². The van der Waals surface area contributed by atoms with E-state index in [0.29, 0.717) is 47.6 Å². The largest absolute Gasteiger partial charge is 0.448 e. The first-order valence-corrected chi connectivity index (χ1v) is 15.5. The number of hydrogen-bond acceptors (Lipinski definition) is 7. The fraction of sp³-hybridized carbons (Fsp3) is 0.533. The molecular weight excluding hydrogens is 564 g/mol. The Bertz CT molecular complexity index is 1490. The number of carbonyl (C=O) groups is 2. The highest BCUT2D eigenvalue weighted by atomic mass is 35.5. The monoisotopic (exact) mass is 598 g/mol. The minimum atomic E-state index is -0.978. The number of amides is 2. The highest BCUT2D eigenvalue weighted by molar-refractivity contribution is 7.98. The number of pyridine rings is 1. The van der Waals surface area contributed by atoms with Gasteiger partial charge in [-0.05, 0) is 70.8 Å². The zero-order valence-electron chi connectivity index (χ0n) is 23.7. The first kappa shape index (κ1) is 29.3. The average molecular weight is 599 g/mol. The molecule has 0 saturated heterocycles. The van der Waals surface area contributed by atoms with Gasteiger partial charge in [0.1, 0.15) is 0 Å². The van der Waals surface area contributed by atoms with Crippen LogP contribution in [-0.2, 0) is 11.3 Å². The van der Waals surface area contributed by atoms with Crippen LogP contribution in [0.4, 0.5) is 0 Å². The summed E-state index contributed by atoms with van der Waals surface area (Å²) in [6.45, 7) is 5.99. The van der Waals surface area contributed by atoms with Crippen LogP contribution in [0.5, 0.6) is 11.5 Å². The lowest BCUT2D eigenvalue weighted by atomic mass is 9.78. The fourth-order valence-corrected chi connectivity index (χ4v) is 6.75. The summed E-state index contributed by atoms with van der Waals surface area (Å²) >= 11 is 8.05. The van der Waals surface area contributed by atoms with Gasteiger partial charge in [0.05, 0.1) is 16.5 Å². The summed E-state index contributed by atoms with van der Waals surface area (Å²) in [5.74, 6) is -0.553. The van der Waals surface area contributed by atoms with Crippen LogP contribution in [0.1, 0.15) is 72.6 Å². The molecule has 3 N–H and O–H groups in total. The van der Waals surface area contributed by atoms with E-state index < -0.39 is 5.79 Å². The lowest BCUT2D eigenvalue weighted by Gasteiger charge is -2.37. The molecule has 2 amide bonds. The van der Waals surface area contributed by atoms with Crippen LogP contribution < -0.4 is 25.7 Å². The number of thioether (sulfide) groups is 1. The fourth-order valence-electron chi connectivity index (χ4n) is 5.81. The van der Waals surface area contributed by atoms with Crippen LogP contribution in [0.15, 0.2) is 21.8 Å². The highest BCUT2D eigenvalue weighted by Crippen LogP contribution is 2.52. The Morgan fingerprint density at radius 2 is 1.83 bits per heavy atom. The van der Waals surface area contributed by atoms with Gasteiger partial charge in [-0.25, -0.2) is 0 Å². The highest BCUT2D eigenvalue weighted by Gasteiger charge is 2.48. The van der Waals surface area contributed by atoms with E-state index in [4.69, 9.17) is 21.1 Å². The molecule has 9 nitrogen and oxygen atoms in total. The number of aryl methyl sites for hydroxylation is 1. The Hall–Kier alpha value is -3.16. The molecule has 1 aromatic heterocycles. The summed E-state index contributed by atoms with van der Waals surface area (Å²) in [5.41, 5.74) is 1.62. The maximum absolute atomic E-state index is 13.2. The minimum Gasteiger partial charge on any atom is -0.448 e. The normalized spacial score (nSPS) is 23.9. The summed E-state index contributed by atoms with van der Waals surface area (Å²) in [5, 5.41) is 15.4. The van der Waals surface area contributed by atoms with E-state index in [2.05, 4.69) is 21.7 Å². The summed E-state index contributed by atoms with van der Waals surface area (Å²) < 4.78 is 12.7. The quantitative estimate of drug-likeness (QED) is 0.364.